The van der Waals surface area contributed by atoms with Crippen molar-refractivity contribution in [3.63, 3.8) is 0 Å². The molecule has 0 saturated carbocycles. The number of aromatic nitrogens is 2. The summed E-state index contributed by atoms with van der Waals surface area (Å²) in [6, 6.07) is 2.58. The van der Waals surface area contributed by atoms with Gasteiger partial charge in [0.2, 0.25) is 0 Å². The lowest BCUT2D eigenvalue weighted by molar-refractivity contribution is 0.361. The number of thioether (sulfide) groups is 1. The van der Waals surface area contributed by atoms with E-state index in [1.807, 2.05) is 11.7 Å². The molecule has 1 aliphatic heterocycles. The fourth-order valence-corrected chi connectivity index (χ4v) is 3.99. The summed E-state index contributed by atoms with van der Waals surface area (Å²) < 4.78 is 2.00. The molecule has 0 aromatic carbocycles. The minimum Gasteiger partial charge on any atom is -0.272 e. The largest absolute Gasteiger partial charge is 0.272 e. The zero-order valence-electron chi connectivity index (χ0n) is 12.1. The van der Waals surface area contributed by atoms with Crippen molar-refractivity contribution in [3.05, 3.63) is 17.5 Å². The van der Waals surface area contributed by atoms with Crippen LogP contribution in [0.25, 0.3) is 0 Å². The number of nitrogens with zero attached hydrogens (tertiary/aromatic N) is 2. The molecule has 1 fully saturated rings. The van der Waals surface area contributed by atoms with Crippen molar-refractivity contribution >= 4 is 11.8 Å². The van der Waals surface area contributed by atoms with E-state index in [-0.39, 0.29) is 0 Å². The number of aryl methyl sites for hydroxylation is 2. The number of rotatable bonds is 6. The third kappa shape index (κ3) is 4.23. The summed E-state index contributed by atoms with van der Waals surface area (Å²) in [5, 5.41) is 4.51. The van der Waals surface area contributed by atoms with Gasteiger partial charge in [0.15, 0.2) is 0 Å². The molecule has 0 amide bonds. The second-order valence-electron chi connectivity index (χ2n) is 5.46. The van der Waals surface area contributed by atoms with Crippen LogP contribution in [0.15, 0.2) is 6.07 Å². The number of hydrogen-bond acceptors (Lipinski definition) is 4. The maximum Gasteiger partial charge on any atom is 0.0624 e. The van der Waals surface area contributed by atoms with Gasteiger partial charge in [-0.3, -0.25) is 16.0 Å². The third-order valence-corrected chi connectivity index (χ3v) is 5.09. The van der Waals surface area contributed by atoms with Crippen LogP contribution in [0.3, 0.4) is 0 Å². The van der Waals surface area contributed by atoms with Gasteiger partial charge in [-0.25, -0.2) is 0 Å². The zero-order chi connectivity index (χ0) is 13.7. The maximum absolute atomic E-state index is 5.74. The van der Waals surface area contributed by atoms with Crippen LogP contribution in [0.4, 0.5) is 0 Å². The molecule has 1 unspecified atom stereocenters. The third-order valence-electron chi connectivity index (χ3n) is 4.04. The van der Waals surface area contributed by atoms with Gasteiger partial charge in [-0.15, -0.1) is 0 Å². The van der Waals surface area contributed by atoms with Crippen molar-refractivity contribution in [2.45, 2.75) is 45.1 Å². The van der Waals surface area contributed by atoms with Crippen molar-refractivity contribution in [1.29, 1.82) is 0 Å². The Morgan fingerprint density at radius 1 is 1.53 bits per heavy atom. The van der Waals surface area contributed by atoms with Crippen LogP contribution >= 0.6 is 11.8 Å². The molecule has 4 nitrogen and oxygen atoms in total. The average molecular weight is 282 g/mol. The molecule has 5 heteroatoms. The Kier molecular flexibility index (Phi) is 5.73. The highest BCUT2D eigenvalue weighted by molar-refractivity contribution is 7.99. The summed E-state index contributed by atoms with van der Waals surface area (Å²) in [7, 11) is 2.03. The Labute approximate surface area is 120 Å². The topological polar surface area (TPSA) is 55.9 Å². The van der Waals surface area contributed by atoms with Crippen molar-refractivity contribution in [1.82, 2.24) is 15.2 Å². The second kappa shape index (κ2) is 7.31. The summed E-state index contributed by atoms with van der Waals surface area (Å²) in [5.74, 6) is 9.20. The van der Waals surface area contributed by atoms with E-state index in [4.69, 9.17) is 5.84 Å². The van der Waals surface area contributed by atoms with E-state index in [9.17, 15) is 0 Å². The number of nitrogens with two attached hydrogens (primary N) is 1. The monoisotopic (exact) mass is 282 g/mol. The smallest absolute Gasteiger partial charge is 0.0624 e. The first kappa shape index (κ1) is 14.9. The van der Waals surface area contributed by atoms with Gasteiger partial charge in [0.05, 0.1) is 5.69 Å². The Balaban J connectivity index is 1.91. The minimum atomic E-state index is 0.369. The Hall–Kier alpha value is -0.520. The fraction of sp³-hybridized carbons (Fsp3) is 0.786. The second-order valence-corrected chi connectivity index (χ2v) is 6.69. The lowest BCUT2D eigenvalue weighted by Gasteiger charge is -2.26. The molecular formula is C14H26N4S. The summed E-state index contributed by atoms with van der Waals surface area (Å²) in [6.07, 6.45) is 5.84. The molecule has 1 aliphatic rings. The van der Waals surface area contributed by atoms with Gasteiger partial charge in [-0.1, -0.05) is 6.92 Å². The van der Waals surface area contributed by atoms with E-state index in [0.717, 1.165) is 18.8 Å². The number of hydrazine groups is 1. The quantitative estimate of drug-likeness (QED) is 0.618. The highest BCUT2D eigenvalue weighted by Gasteiger charge is 2.20. The SMILES string of the molecule is CCc1cc(CC(CC2CCSCC2)NN)n(C)n1. The van der Waals surface area contributed by atoms with Crippen molar-refractivity contribution in [2.24, 2.45) is 18.8 Å². The minimum absolute atomic E-state index is 0.369. The van der Waals surface area contributed by atoms with E-state index in [1.165, 1.54) is 42.2 Å². The van der Waals surface area contributed by atoms with Gasteiger partial charge < -0.3 is 0 Å². The van der Waals surface area contributed by atoms with Crippen LogP contribution in [0.1, 0.15) is 37.6 Å². The van der Waals surface area contributed by atoms with E-state index in [0.29, 0.717) is 6.04 Å². The molecule has 2 rings (SSSR count). The molecule has 0 aliphatic carbocycles. The first-order chi connectivity index (χ1) is 9.22. The first-order valence-electron chi connectivity index (χ1n) is 7.28. The molecule has 1 aromatic rings. The first-order valence-corrected chi connectivity index (χ1v) is 8.44. The number of hydrogen-bond donors (Lipinski definition) is 2. The van der Waals surface area contributed by atoms with Crippen molar-refractivity contribution in [3.8, 4) is 0 Å². The Morgan fingerprint density at radius 3 is 2.84 bits per heavy atom. The number of nitrogens with one attached hydrogen (secondary N) is 1. The lowest BCUT2D eigenvalue weighted by Crippen LogP contribution is -2.39. The molecule has 19 heavy (non-hydrogen) atoms. The molecule has 1 saturated heterocycles. The van der Waals surface area contributed by atoms with Crippen molar-refractivity contribution < 1.29 is 0 Å². The van der Waals surface area contributed by atoms with Crippen LogP contribution in [-0.4, -0.2) is 27.3 Å². The van der Waals surface area contributed by atoms with E-state index in [2.05, 4.69) is 35.3 Å². The van der Waals surface area contributed by atoms with Gasteiger partial charge in [0.1, 0.15) is 0 Å². The van der Waals surface area contributed by atoms with Crippen LogP contribution in [0, 0.1) is 5.92 Å². The molecule has 3 N–H and O–H groups in total. The summed E-state index contributed by atoms with van der Waals surface area (Å²) >= 11 is 2.08. The Bertz CT molecular complexity index is 385. The summed E-state index contributed by atoms with van der Waals surface area (Å²) in [4.78, 5) is 0. The van der Waals surface area contributed by atoms with Crippen LogP contribution < -0.4 is 11.3 Å². The fourth-order valence-electron chi connectivity index (χ4n) is 2.78. The molecule has 2 heterocycles. The van der Waals surface area contributed by atoms with Gasteiger partial charge >= 0.3 is 0 Å². The standard InChI is InChI=1S/C14H26N4S/c1-3-12-9-14(18(2)17-12)10-13(16-15)8-11-4-6-19-7-5-11/h9,11,13,16H,3-8,10,15H2,1-2H3. The molecular weight excluding hydrogens is 256 g/mol. The van der Waals surface area contributed by atoms with E-state index in [1.54, 1.807) is 0 Å². The molecule has 1 aromatic heterocycles. The van der Waals surface area contributed by atoms with Crippen LogP contribution in [0.5, 0.6) is 0 Å². The molecule has 108 valence electrons. The average Bonchev–Trinajstić information content (AvgIpc) is 2.80. The molecule has 0 spiro atoms. The summed E-state index contributed by atoms with van der Waals surface area (Å²) in [6.45, 7) is 2.14. The highest BCUT2D eigenvalue weighted by Crippen LogP contribution is 2.27. The predicted molar refractivity (Wildman–Crippen MR) is 82.1 cm³/mol. The van der Waals surface area contributed by atoms with Gasteiger partial charge in [-0.05, 0) is 49.2 Å². The van der Waals surface area contributed by atoms with Crippen LogP contribution in [0.2, 0.25) is 0 Å². The summed E-state index contributed by atoms with van der Waals surface area (Å²) in [5.41, 5.74) is 5.46. The lowest BCUT2D eigenvalue weighted by atomic mass is 9.92. The predicted octanol–water partition coefficient (Wildman–Crippen LogP) is 1.89. The molecule has 0 radical (unpaired) electrons. The highest BCUT2D eigenvalue weighted by atomic mass is 32.2. The Morgan fingerprint density at radius 2 is 2.26 bits per heavy atom. The van der Waals surface area contributed by atoms with Gasteiger partial charge in [0.25, 0.3) is 0 Å². The molecule has 1 atom stereocenters. The zero-order valence-corrected chi connectivity index (χ0v) is 12.9. The molecule has 0 bridgehead atoms. The van der Waals surface area contributed by atoms with Gasteiger partial charge in [0, 0.05) is 25.2 Å². The maximum atomic E-state index is 5.74. The van der Waals surface area contributed by atoms with Crippen LogP contribution in [-0.2, 0) is 19.9 Å². The van der Waals surface area contributed by atoms with E-state index >= 15 is 0 Å². The normalized spacial score (nSPS) is 18.7. The van der Waals surface area contributed by atoms with E-state index < -0.39 is 0 Å². The van der Waals surface area contributed by atoms with Crippen molar-refractivity contribution in [2.75, 3.05) is 11.5 Å². The van der Waals surface area contributed by atoms with Gasteiger partial charge in [-0.2, -0.15) is 16.9 Å².